The van der Waals surface area contributed by atoms with Crippen LogP contribution in [0.2, 0.25) is 0 Å². The molecule has 1 aliphatic rings. The molecule has 26 heavy (non-hydrogen) atoms. The third-order valence-electron chi connectivity index (χ3n) is 4.21. The van der Waals surface area contributed by atoms with Gasteiger partial charge in [0.2, 0.25) is 0 Å². The largest absolute Gasteiger partial charge is 0.366 e. The minimum absolute atomic E-state index is 0.277. The fourth-order valence-corrected chi connectivity index (χ4v) is 3.02. The van der Waals surface area contributed by atoms with Crippen molar-refractivity contribution in [2.24, 2.45) is 0 Å². The van der Waals surface area contributed by atoms with Crippen LogP contribution < -0.4 is 0 Å². The highest BCUT2D eigenvalue weighted by Crippen LogP contribution is 2.26. The molecule has 3 aromatic rings. The zero-order valence-corrected chi connectivity index (χ0v) is 14.2. The molecule has 1 aromatic heterocycles. The van der Waals surface area contributed by atoms with Crippen LogP contribution >= 0.6 is 0 Å². The lowest BCUT2D eigenvalue weighted by atomic mass is 10.1. The number of nitrogens with zero attached hydrogens (tertiary/aromatic N) is 5. The number of rotatable bonds is 2. The molecule has 0 N–H and O–H groups in total. The lowest BCUT2D eigenvalue weighted by Gasteiger charge is -2.32. The Morgan fingerprint density at radius 1 is 0.962 bits per heavy atom. The van der Waals surface area contributed by atoms with Crippen molar-refractivity contribution in [1.29, 1.82) is 0 Å². The molecule has 4 rings (SSSR count). The Labute approximate surface area is 148 Å². The number of fused-ring (bicyclic) bond motifs is 2. The fraction of sp³-hybridized carbons (Fsp3) is 0.167. The van der Waals surface area contributed by atoms with Crippen LogP contribution in [0.1, 0.15) is 34.6 Å². The van der Waals surface area contributed by atoms with Gasteiger partial charge in [0.05, 0.1) is 22.7 Å². The average Bonchev–Trinajstić information content (AvgIpc) is 3.17. The Kier molecular flexibility index (Phi) is 3.54. The van der Waals surface area contributed by atoms with E-state index in [1.807, 2.05) is 0 Å². The second-order valence-electron chi connectivity index (χ2n) is 6.18. The first-order chi connectivity index (χ1) is 12.5. The van der Waals surface area contributed by atoms with Gasteiger partial charge < -0.3 is 0 Å². The molecule has 1 aliphatic heterocycles. The van der Waals surface area contributed by atoms with Gasteiger partial charge in [0.1, 0.15) is 5.52 Å². The number of para-hydroxylation sites is 1. The van der Waals surface area contributed by atoms with E-state index in [0.717, 1.165) is 14.7 Å². The van der Waals surface area contributed by atoms with E-state index >= 15 is 0 Å². The normalized spacial score (nSPS) is 13.6. The minimum Gasteiger partial charge on any atom is -0.267 e. The summed E-state index contributed by atoms with van der Waals surface area (Å²) in [7, 11) is 0. The molecule has 8 heteroatoms. The average molecular weight is 349 g/mol. The predicted octanol–water partition coefficient (Wildman–Crippen LogP) is 2.32. The molecule has 0 unspecified atom stereocenters. The van der Waals surface area contributed by atoms with Crippen LogP contribution in [0, 0.1) is 0 Å². The van der Waals surface area contributed by atoms with Crippen LogP contribution in [-0.4, -0.2) is 48.9 Å². The van der Waals surface area contributed by atoms with E-state index in [0.29, 0.717) is 11.0 Å². The van der Waals surface area contributed by atoms with Gasteiger partial charge in [0, 0.05) is 0 Å². The third-order valence-corrected chi connectivity index (χ3v) is 4.21. The van der Waals surface area contributed by atoms with Crippen molar-refractivity contribution in [2.75, 3.05) is 0 Å². The molecule has 0 saturated heterocycles. The summed E-state index contributed by atoms with van der Waals surface area (Å²) in [4.78, 5) is 38.6. The second kappa shape index (κ2) is 5.76. The first-order valence-corrected chi connectivity index (χ1v) is 8.12. The third kappa shape index (κ3) is 2.19. The molecule has 0 bridgehead atoms. The van der Waals surface area contributed by atoms with Gasteiger partial charge in [-0.25, -0.2) is 9.80 Å². The maximum Gasteiger partial charge on any atom is 0.366 e. The minimum atomic E-state index is -0.622. The van der Waals surface area contributed by atoms with Crippen LogP contribution in [0.4, 0.5) is 4.79 Å². The topological polar surface area (TPSA) is 88.4 Å². The molecule has 0 saturated carbocycles. The first-order valence-electron chi connectivity index (χ1n) is 8.12. The summed E-state index contributed by atoms with van der Waals surface area (Å²) in [6.07, 6.45) is 0. The highest BCUT2D eigenvalue weighted by Gasteiger charge is 2.43. The van der Waals surface area contributed by atoms with Crippen molar-refractivity contribution in [3.63, 3.8) is 0 Å². The Balaban J connectivity index is 1.79. The van der Waals surface area contributed by atoms with Gasteiger partial charge >= 0.3 is 6.03 Å². The van der Waals surface area contributed by atoms with Crippen molar-refractivity contribution < 1.29 is 14.4 Å². The van der Waals surface area contributed by atoms with E-state index in [2.05, 4.69) is 10.3 Å². The molecule has 0 radical (unpaired) electrons. The van der Waals surface area contributed by atoms with Crippen molar-refractivity contribution in [2.45, 2.75) is 19.9 Å². The monoisotopic (exact) mass is 349 g/mol. The number of hydrogen-bond acceptors (Lipinski definition) is 5. The quantitative estimate of drug-likeness (QED) is 0.663. The van der Waals surface area contributed by atoms with Crippen LogP contribution in [0.3, 0.4) is 0 Å². The van der Waals surface area contributed by atoms with Gasteiger partial charge in [-0.3, -0.25) is 9.59 Å². The van der Waals surface area contributed by atoms with Gasteiger partial charge in [-0.2, -0.15) is 9.69 Å². The first kappa shape index (κ1) is 15.9. The van der Waals surface area contributed by atoms with Gasteiger partial charge in [0.15, 0.2) is 0 Å². The molecule has 130 valence electrons. The van der Waals surface area contributed by atoms with Gasteiger partial charge in [0.25, 0.3) is 11.8 Å². The summed E-state index contributed by atoms with van der Waals surface area (Å²) in [5, 5.41) is 9.86. The number of imide groups is 1. The molecule has 0 atom stereocenters. The molecule has 0 spiro atoms. The van der Waals surface area contributed by atoms with E-state index in [9.17, 15) is 14.4 Å². The zero-order chi connectivity index (χ0) is 18.4. The Morgan fingerprint density at radius 3 is 2.15 bits per heavy atom. The molecule has 8 nitrogen and oxygen atoms in total. The van der Waals surface area contributed by atoms with Crippen molar-refractivity contribution in [3.8, 4) is 0 Å². The number of carbonyl (C=O) groups is 3. The van der Waals surface area contributed by atoms with Crippen LogP contribution in [0.25, 0.3) is 11.0 Å². The maximum atomic E-state index is 13.1. The van der Waals surface area contributed by atoms with Crippen LogP contribution in [0.5, 0.6) is 0 Å². The zero-order valence-electron chi connectivity index (χ0n) is 14.2. The van der Waals surface area contributed by atoms with E-state index in [-0.39, 0.29) is 11.1 Å². The highest BCUT2D eigenvalue weighted by molar-refractivity contribution is 6.21. The summed E-state index contributed by atoms with van der Waals surface area (Å²) in [5.41, 5.74) is 1.60. The van der Waals surface area contributed by atoms with Crippen LogP contribution in [-0.2, 0) is 0 Å². The molecule has 0 aliphatic carbocycles. The smallest absolute Gasteiger partial charge is 0.267 e. The van der Waals surface area contributed by atoms with Gasteiger partial charge in [-0.15, -0.1) is 5.10 Å². The highest BCUT2D eigenvalue weighted by atomic mass is 16.2. The number of hydrazine groups is 1. The Hall–Kier alpha value is -3.55. The van der Waals surface area contributed by atoms with Crippen molar-refractivity contribution >= 4 is 28.9 Å². The van der Waals surface area contributed by atoms with E-state index in [1.165, 1.54) is 0 Å². The lowest BCUT2D eigenvalue weighted by Crippen LogP contribution is -2.54. The maximum absolute atomic E-state index is 13.1. The number of hydrogen-bond donors (Lipinski definition) is 0. The molecule has 2 heterocycles. The molecule has 2 aromatic carbocycles. The molecule has 3 amide bonds. The SMILES string of the molecule is CC(C)N(C(=O)n1nnc2ccccc21)N1C(=O)c2ccccc2C1=O. The molecular weight excluding hydrogens is 334 g/mol. The second-order valence-corrected chi connectivity index (χ2v) is 6.18. The summed E-state index contributed by atoms with van der Waals surface area (Å²) in [5.74, 6) is -1.06. The van der Waals surface area contributed by atoms with Gasteiger partial charge in [-0.05, 0) is 38.1 Å². The van der Waals surface area contributed by atoms with Crippen LogP contribution in [0.15, 0.2) is 48.5 Å². The number of amides is 3. The Bertz CT molecular complexity index is 1020. The number of carbonyl (C=O) groups excluding carboxylic acids is 3. The summed E-state index contributed by atoms with van der Waals surface area (Å²) in [6.45, 7) is 3.45. The molecular formula is C18H15N5O3. The fourth-order valence-electron chi connectivity index (χ4n) is 3.02. The van der Waals surface area contributed by atoms with E-state index in [4.69, 9.17) is 0 Å². The summed E-state index contributed by atoms with van der Waals surface area (Å²) in [6, 6.07) is 12.4. The summed E-state index contributed by atoms with van der Waals surface area (Å²) >= 11 is 0. The predicted molar refractivity (Wildman–Crippen MR) is 92.2 cm³/mol. The number of benzene rings is 2. The molecule has 0 fully saturated rings. The van der Waals surface area contributed by atoms with E-state index < -0.39 is 23.9 Å². The van der Waals surface area contributed by atoms with Crippen molar-refractivity contribution in [3.05, 3.63) is 59.7 Å². The van der Waals surface area contributed by atoms with Gasteiger partial charge in [-0.1, -0.05) is 29.5 Å². The lowest BCUT2D eigenvalue weighted by molar-refractivity contribution is 0.00717. The summed E-state index contributed by atoms with van der Waals surface area (Å²) < 4.78 is 1.10. The van der Waals surface area contributed by atoms with E-state index in [1.54, 1.807) is 62.4 Å². The van der Waals surface area contributed by atoms with Crippen molar-refractivity contribution in [1.82, 2.24) is 25.0 Å². The standard InChI is InChI=1S/C18H15N5O3/c1-11(2)22(18(26)21-15-10-6-5-9-14(15)19-20-21)23-16(24)12-7-3-4-8-13(12)17(23)25/h3-11H,1-2H3. The number of aromatic nitrogens is 3. The Morgan fingerprint density at radius 2 is 1.54 bits per heavy atom.